The van der Waals surface area contributed by atoms with Gasteiger partial charge >= 0.3 is 0 Å². The van der Waals surface area contributed by atoms with E-state index in [9.17, 15) is 0 Å². The van der Waals surface area contributed by atoms with Crippen molar-refractivity contribution < 1.29 is 40.8 Å². The molecule has 0 rings (SSSR count). The van der Waals surface area contributed by atoms with Crippen LogP contribution in [0.4, 0.5) is 0 Å². The molecule has 1 nitrogen and oxygen atoms in total. The fourth-order valence-corrected chi connectivity index (χ4v) is 1.48. The van der Waals surface area contributed by atoms with Gasteiger partial charge in [-0.3, -0.25) is 0 Å². The lowest BCUT2D eigenvalue weighted by molar-refractivity contribution is -0.870. The van der Waals surface area contributed by atoms with Crippen LogP contribution in [0.2, 0.25) is 0 Å². The van der Waals surface area contributed by atoms with E-state index < -0.39 is 32.0 Å². The second kappa shape index (κ2) is 11.2. The minimum Gasteiger partial charge on any atom is -1.00 e. The summed E-state index contributed by atoms with van der Waals surface area (Å²) in [6, 6.07) is 0. The van der Waals surface area contributed by atoms with Gasteiger partial charge in [-0.15, -0.1) is 0 Å². The minimum absolute atomic E-state index is 0. The van der Waals surface area contributed by atoms with Crippen molar-refractivity contribution in [2.75, 3.05) is 27.5 Å². The first-order chi connectivity index (χ1) is 10.3. The van der Waals surface area contributed by atoms with Crippen molar-refractivity contribution in [3.05, 3.63) is 0 Å². The third-order valence-electron chi connectivity index (χ3n) is 2.35. The highest BCUT2D eigenvalue weighted by Gasteiger charge is 2.04. The summed E-state index contributed by atoms with van der Waals surface area (Å²) in [5.41, 5.74) is 0. The van der Waals surface area contributed by atoms with Gasteiger partial charge in [0.1, 0.15) is 0 Å². The topological polar surface area (TPSA) is 0 Å². The summed E-state index contributed by atoms with van der Waals surface area (Å²) in [6.45, 7) is -7.60. The van der Waals surface area contributed by atoms with Gasteiger partial charge in [0, 0.05) is 0 Å². The molecule has 2 heteroatoms. The fraction of sp³-hybridized carbons (Fsp3) is 1.00. The molecule has 0 unspecified atom stereocenters. The molecule has 0 aromatic carbocycles. The van der Waals surface area contributed by atoms with E-state index in [2.05, 4.69) is 6.92 Å². The molecule has 0 aromatic heterocycles. The zero-order valence-electron chi connectivity index (χ0n) is 18.7. The van der Waals surface area contributed by atoms with Crippen LogP contribution in [0.15, 0.2) is 0 Å². The second-order valence-corrected chi connectivity index (χ2v) is 4.01. The van der Waals surface area contributed by atoms with Crippen LogP contribution in [-0.4, -0.2) is 32.0 Å². The fourth-order valence-electron chi connectivity index (χ4n) is 1.48. The largest absolute Gasteiger partial charge is 1.00 e. The summed E-state index contributed by atoms with van der Waals surface area (Å²) in [6.07, 6.45) is 7.42. The molecule has 94 valence electrons. The molecule has 0 aliphatic heterocycles. The van der Waals surface area contributed by atoms with Crippen LogP contribution in [0.1, 0.15) is 70.6 Å². The van der Waals surface area contributed by atoms with E-state index >= 15 is 0 Å². The van der Waals surface area contributed by atoms with E-state index in [1.165, 1.54) is 6.42 Å². The highest BCUT2D eigenvalue weighted by Crippen LogP contribution is 2.09. The maximum absolute atomic E-state index is 7.53. The summed E-state index contributed by atoms with van der Waals surface area (Å²) in [7, 11) is 0. The van der Waals surface area contributed by atoms with E-state index in [1.54, 1.807) is 0 Å². The Hall–Kier alpha value is 0.690. The van der Waals surface area contributed by atoms with Crippen molar-refractivity contribution in [1.82, 2.24) is 0 Å². The number of quaternary nitrogens is 1. The predicted molar refractivity (Wildman–Crippen MR) is 65.5 cm³/mol. The van der Waals surface area contributed by atoms with E-state index in [4.69, 9.17) is 12.3 Å². The average Bonchev–Trinajstić information content (AvgIpc) is 2.32. The lowest BCUT2D eigenvalue weighted by atomic mass is 10.1. The molecule has 0 bridgehead atoms. The molecule has 0 amide bonds. The Morgan fingerprint density at radius 3 is 1.73 bits per heavy atom. The number of hydrogen-bond acceptors (Lipinski definition) is 0. The monoisotopic (exact) mass is 336 g/mol. The normalized spacial score (nSPS) is 22.6. The summed E-state index contributed by atoms with van der Waals surface area (Å²) in [5, 5.41) is 0. The van der Waals surface area contributed by atoms with Crippen molar-refractivity contribution in [3.8, 4) is 0 Å². The van der Waals surface area contributed by atoms with Gasteiger partial charge in [0.15, 0.2) is 0 Å². The van der Waals surface area contributed by atoms with Gasteiger partial charge in [0.25, 0.3) is 0 Å². The van der Waals surface area contributed by atoms with Crippen molar-refractivity contribution in [3.63, 3.8) is 0 Å². The van der Waals surface area contributed by atoms with Crippen LogP contribution in [0.25, 0.3) is 0 Å². The maximum Gasteiger partial charge on any atom is 0.0886 e. The molecule has 0 N–H and O–H groups in total. The Morgan fingerprint density at radius 1 is 0.800 bits per heavy atom. The number of halogens is 1. The average molecular weight is 336 g/mol. The molecule has 0 heterocycles. The van der Waals surface area contributed by atoms with Crippen LogP contribution in [0, 0.1) is 0 Å². The number of rotatable bonds is 9. The Balaban J connectivity index is 0. The van der Waals surface area contributed by atoms with Crippen LogP contribution < -0.4 is 24.0 Å². The molecule has 0 atom stereocenters. The van der Waals surface area contributed by atoms with Crippen LogP contribution in [-0.2, 0) is 0 Å². The van der Waals surface area contributed by atoms with Crippen molar-refractivity contribution >= 4 is 0 Å². The Bertz CT molecular complexity index is 300. The molecule has 0 aliphatic rings. The molecule has 15 heavy (non-hydrogen) atoms. The maximum atomic E-state index is 7.53. The van der Waals surface area contributed by atoms with Gasteiger partial charge in [0.2, 0.25) is 0 Å². The van der Waals surface area contributed by atoms with Gasteiger partial charge in [0.05, 0.1) is 39.8 Å². The first-order valence-corrected chi connectivity index (χ1v) is 5.69. The lowest BCUT2D eigenvalue weighted by Crippen LogP contribution is -3.00. The zero-order chi connectivity index (χ0) is 18.4. The summed E-state index contributed by atoms with van der Waals surface area (Å²) in [4.78, 5) is 0. The highest BCUT2D eigenvalue weighted by molar-refractivity contribution is 4.45. The van der Waals surface area contributed by atoms with E-state index in [-0.39, 0.29) is 30.4 Å². The molecule has 0 aliphatic carbocycles. The van der Waals surface area contributed by atoms with Crippen LogP contribution in [0.5, 0.6) is 0 Å². The first-order valence-electron chi connectivity index (χ1n) is 10.2. The molecular weight excluding hydrogens is 297 g/mol. The standard InChI is InChI=1S/C13H30N.HI/c1-5-6-7-8-9-10-11-12-13-14(2,3)4;/h5-13H2,1-4H3;1H/q+1;/p-1/i2D3,3D3,4D3;. The molecular formula is C13H30IN. The first kappa shape index (κ1) is 6.58. The van der Waals surface area contributed by atoms with Crippen molar-refractivity contribution in [2.45, 2.75) is 58.3 Å². The van der Waals surface area contributed by atoms with Crippen LogP contribution in [0.3, 0.4) is 0 Å². The Morgan fingerprint density at radius 2 is 1.27 bits per heavy atom. The summed E-state index contributed by atoms with van der Waals surface area (Å²) < 4.78 is 65.9. The molecule has 0 radical (unpaired) electrons. The Labute approximate surface area is 127 Å². The number of unbranched alkanes of at least 4 members (excludes halogenated alkanes) is 7. The quantitative estimate of drug-likeness (QED) is 0.333. The second-order valence-electron chi connectivity index (χ2n) is 4.01. The third-order valence-corrected chi connectivity index (χ3v) is 2.35. The predicted octanol–water partition coefficient (Wildman–Crippen LogP) is 0.837. The smallest absolute Gasteiger partial charge is 0.0886 e. The van der Waals surface area contributed by atoms with Gasteiger partial charge in [-0.25, -0.2) is 0 Å². The van der Waals surface area contributed by atoms with Gasteiger partial charge in [-0.2, -0.15) is 0 Å². The number of nitrogens with zero attached hydrogens (tertiary/aromatic N) is 1. The summed E-state index contributed by atoms with van der Waals surface area (Å²) in [5.74, 6) is 0. The SMILES string of the molecule is [2H]C([2H])([2H])[N+](CCCCCCCCCC)(C([2H])([2H])[2H])C([2H])([2H])[2H].[I-]. The van der Waals surface area contributed by atoms with Gasteiger partial charge in [-0.05, 0) is 12.8 Å². The van der Waals surface area contributed by atoms with E-state index in [0.717, 1.165) is 32.1 Å². The molecule has 0 saturated heterocycles. The number of hydrogen-bond donors (Lipinski definition) is 0. The van der Waals surface area contributed by atoms with Crippen molar-refractivity contribution in [1.29, 1.82) is 0 Å². The van der Waals surface area contributed by atoms with Gasteiger partial charge < -0.3 is 28.5 Å². The Kier molecular flexibility index (Phi) is 4.90. The minimum atomic E-state index is -3.11. The molecule has 0 fully saturated rings. The van der Waals surface area contributed by atoms with E-state index in [1.807, 2.05) is 0 Å². The zero-order valence-corrected chi connectivity index (χ0v) is 11.8. The molecule has 0 aromatic rings. The van der Waals surface area contributed by atoms with Crippen LogP contribution >= 0.6 is 0 Å². The highest BCUT2D eigenvalue weighted by atomic mass is 127. The van der Waals surface area contributed by atoms with E-state index in [0.29, 0.717) is 6.42 Å². The molecule has 0 spiro atoms. The van der Waals surface area contributed by atoms with Gasteiger partial charge in [-0.1, -0.05) is 45.4 Å². The lowest BCUT2D eigenvalue weighted by Gasteiger charge is -2.23. The van der Waals surface area contributed by atoms with Crippen molar-refractivity contribution in [2.24, 2.45) is 0 Å². The molecule has 0 saturated carbocycles. The summed E-state index contributed by atoms with van der Waals surface area (Å²) >= 11 is 0. The third kappa shape index (κ3) is 17.3.